The molecule has 3 atom stereocenters. The van der Waals surface area contributed by atoms with Crippen LogP contribution in [0.3, 0.4) is 0 Å². The first-order chi connectivity index (χ1) is 10.8. The van der Waals surface area contributed by atoms with E-state index in [9.17, 15) is 4.79 Å². The summed E-state index contributed by atoms with van der Waals surface area (Å²) in [6.45, 7) is 1.03. The standard InChI is InChI=1S/C16H17N3O3/c20-16(11-9-22-14-4-2-1-3-10(11)14)18-12-6-8-21-15(12)13-5-7-17-19-13/h1-5,7,11-12,15H,6,8-9H2,(H,17,19)(H,18,20)/t11?,12-,15-/m1/s1. The Bertz CT molecular complexity index is 671. The maximum absolute atomic E-state index is 12.6. The monoisotopic (exact) mass is 299 g/mol. The Labute approximate surface area is 127 Å². The van der Waals surface area contributed by atoms with Gasteiger partial charge in [-0.05, 0) is 18.6 Å². The van der Waals surface area contributed by atoms with E-state index in [1.165, 1.54) is 0 Å². The van der Waals surface area contributed by atoms with Gasteiger partial charge in [-0.3, -0.25) is 9.89 Å². The van der Waals surface area contributed by atoms with Crippen LogP contribution >= 0.6 is 0 Å². The van der Waals surface area contributed by atoms with Crippen LogP contribution in [0.25, 0.3) is 0 Å². The van der Waals surface area contributed by atoms with E-state index < -0.39 is 0 Å². The third-order valence-corrected chi connectivity index (χ3v) is 4.26. The fourth-order valence-corrected chi connectivity index (χ4v) is 3.13. The first-order valence-electron chi connectivity index (χ1n) is 7.46. The number of rotatable bonds is 3. The molecule has 2 N–H and O–H groups in total. The molecule has 1 aromatic heterocycles. The molecule has 1 fully saturated rings. The van der Waals surface area contributed by atoms with Gasteiger partial charge in [0.25, 0.3) is 0 Å². The van der Waals surface area contributed by atoms with Crippen LogP contribution in [0.1, 0.15) is 29.7 Å². The summed E-state index contributed by atoms with van der Waals surface area (Å²) in [5.41, 5.74) is 1.85. The zero-order valence-electron chi connectivity index (χ0n) is 12.0. The normalized spacial score (nSPS) is 26.5. The lowest BCUT2D eigenvalue weighted by atomic mass is 9.99. The van der Waals surface area contributed by atoms with Gasteiger partial charge in [-0.2, -0.15) is 5.10 Å². The highest BCUT2D eigenvalue weighted by atomic mass is 16.5. The average molecular weight is 299 g/mol. The zero-order chi connectivity index (χ0) is 14.9. The predicted molar refractivity (Wildman–Crippen MR) is 78.5 cm³/mol. The lowest BCUT2D eigenvalue weighted by molar-refractivity contribution is -0.123. The number of nitrogens with one attached hydrogen (secondary N) is 2. The molecule has 0 saturated carbocycles. The van der Waals surface area contributed by atoms with Crippen LogP contribution in [0.5, 0.6) is 5.75 Å². The second kappa shape index (κ2) is 5.46. The Hall–Kier alpha value is -2.34. The maximum Gasteiger partial charge on any atom is 0.231 e. The summed E-state index contributed by atoms with van der Waals surface area (Å²) < 4.78 is 11.3. The van der Waals surface area contributed by atoms with Crippen molar-refractivity contribution < 1.29 is 14.3 Å². The molecule has 1 amide bonds. The van der Waals surface area contributed by atoms with Crippen molar-refractivity contribution in [3.8, 4) is 5.75 Å². The van der Waals surface area contributed by atoms with Gasteiger partial charge in [-0.25, -0.2) is 0 Å². The van der Waals surface area contributed by atoms with Crippen molar-refractivity contribution in [2.24, 2.45) is 0 Å². The number of carbonyl (C=O) groups excluding carboxylic acids is 1. The van der Waals surface area contributed by atoms with Crippen molar-refractivity contribution in [2.45, 2.75) is 24.5 Å². The average Bonchev–Trinajstić information content (AvgIpc) is 3.27. The molecule has 6 nitrogen and oxygen atoms in total. The fourth-order valence-electron chi connectivity index (χ4n) is 3.13. The summed E-state index contributed by atoms with van der Waals surface area (Å²) in [6, 6.07) is 9.53. The Morgan fingerprint density at radius 3 is 3.09 bits per heavy atom. The molecule has 6 heteroatoms. The minimum atomic E-state index is -0.251. The van der Waals surface area contributed by atoms with Crippen LogP contribution in [0.2, 0.25) is 0 Å². The minimum Gasteiger partial charge on any atom is -0.492 e. The fraction of sp³-hybridized carbons (Fsp3) is 0.375. The predicted octanol–water partition coefficient (Wildman–Crippen LogP) is 1.53. The van der Waals surface area contributed by atoms with Crippen LogP contribution in [-0.2, 0) is 9.53 Å². The van der Waals surface area contributed by atoms with Gasteiger partial charge in [0.2, 0.25) is 5.91 Å². The van der Waals surface area contributed by atoms with Gasteiger partial charge in [-0.1, -0.05) is 18.2 Å². The van der Waals surface area contributed by atoms with Gasteiger partial charge >= 0.3 is 0 Å². The first kappa shape index (κ1) is 13.3. The first-order valence-corrected chi connectivity index (χ1v) is 7.46. The number of H-pyrrole nitrogens is 1. The van der Waals surface area contributed by atoms with Crippen molar-refractivity contribution in [1.29, 1.82) is 0 Å². The Kier molecular flexibility index (Phi) is 3.31. The number of carbonyl (C=O) groups is 1. The Morgan fingerprint density at radius 1 is 1.32 bits per heavy atom. The molecule has 1 unspecified atom stereocenters. The number of nitrogens with zero attached hydrogens (tertiary/aromatic N) is 1. The molecule has 2 aliphatic heterocycles. The van der Waals surface area contributed by atoms with E-state index in [0.29, 0.717) is 13.2 Å². The molecular weight excluding hydrogens is 282 g/mol. The van der Waals surface area contributed by atoms with Crippen molar-refractivity contribution in [2.75, 3.05) is 13.2 Å². The third kappa shape index (κ3) is 2.25. The van der Waals surface area contributed by atoms with Crippen LogP contribution < -0.4 is 10.1 Å². The highest BCUT2D eigenvalue weighted by Crippen LogP contribution is 2.34. The van der Waals surface area contributed by atoms with Gasteiger partial charge in [0.15, 0.2) is 0 Å². The van der Waals surface area contributed by atoms with E-state index in [1.807, 2.05) is 30.3 Å². The smallest absolute Gasteiger partial charge is 0.231 e. The number of benzene rings is 1. The minimum absolute atomic E-state index is 0.00929. The largest absolute Gasteiger partial charge is 0.492 e. The van der Waals surface area contributed by atoms with Crippen LogP contribution in [0, 0.1) is 0 Å². The highest BCUT2D eigenvalue weighted by molar-refractivity contribution is 5.85. The van der Waals surface area contributed by atoms with Crippen molar-refractivity contribution >= 4 is 5.91 Å². The Morgan fingerprint density at radius 2 is 2.23 bits per heavy atom. The van der Waals surface area contributed by atoms with Gasteiger partial charge in [-0.15, -0.1) is 0 Å². The molecule has 114 valence electrons. The van der Waals surface area contributed by atoms with Crippen LogP contribution in [0.15, 0.2) is 36.5 Å². The number of aromatic nitrogens is 2. The van der Waals surface area contributed by atoms with Gasteiger partial charge in [0.05, 0.1) is 11.7 Å². The highest BCUT2D eigenvalue weighted by Gasteiger charge is 2.36. The van der Waals surface area contributed by atoms with E-state index in [-0.39, 0.29) is 24.0 Å². The zero-order valence-corrected chi connectivity index (χ0v) is 12.0. The van der Waals surface area contributed by atoms with Gasteiger partial charge in [0.1, 0.15) is 24.4 Å². The summed E-state index contributed by atoms with van der Waals surface area (Å²) in [5.74, 6) is 0.541. The van der Waals surface area contributed by atoms with Crippen LogP contribution in [0.4, 0.5) is 0 Å². The topological polar surface area (TPSA) is 76.2 Å². The van der Waals surface area contributed by atoms with E-state index in [0.717, 1.165) is 23.4 Å². The third-order valence-electron chi connectivity index (χ3n) is 4.26. The number of hydrogen-bond acceptors (Lipinski definition) is 4. The molecule has 0 bridgehead atoms. The van der Waals surface area contributed by atoms with Gasteiger partial charge in [0, 0.05) is 18.4 Å². The lowest BCUT2D eigenvalue weighted by Gasteiger charge is -2.20. The second-order valence-corrected chi connectivity index (χ2v) is 5.61. The molecule has 0 spiro atoms. The van der Waals surface area contributed by atoms with E-state index >= 15 is 0 Å². The van der Waals surface area contributed by atoms with Crippen molar-refractivity contribution in [1.82, 2.24) is 15.5 Å². The number of fused-ring (bicyclic) bond motifs is 1. The molecule has 4 rings (SSSR count). The number of ether oxygens (including phenoxy) is 2. The second-order valence-electron chi connectivity index (χ2n) is 5.61. The molecular formula is C16H17N3O3. The molecule has 3 heterocycles. The molecule has 2 aliphatic rings. The summed E-state index contributed by atoms with van der Waals surface area (Å²) in [5, 5.41) is 9.97. The summed E-state index contributed by atoms with van der Waals surface area (Å²) >= 11 is 0. The summed E-state index contributed by atoms with van der Waals surface area (Å²) in [7, 11) is 0. The summed E-state index contributed by atoms with van der Waals surface area (Å²) in [4.78, 5) is 12.6. The molecule has 0 aliphatic carbocycles. The lowest BCUT2D eigenvalue weighted by Crippen LogP contribution is -2.40. The van der Waals surface area contributed by atoms with Gasteiger partial charge < -0.3 is 14.8 Å². The summed E-state index contributed by atoms with van der Waals surface area (Å²) in [6.07, 6.45) is 2.32. The number of aromatic amines is 1. The molecule has 1 saturated heterocycles. The Balaban J connectivity index is 1.48. The molecule has 22 heavy (non-hydrogen) atoms. The van der Waals surface area contributed by atoms with E-state index in [2.05, 4.69) is 15.5 Å². The van der Waals surface area contributed by atoms with Crippen LogP contribution in [-0.4, -0.2) is 35.4 Å². The van der Waals surface area contributed by atoms with Crippen molar-refractivity contribution in [3.05, 3.63) is 47.8 Å². The SMILES string of the molecule is O=C(N[C@@H]1CCO[C@H]1c1ccn[nH]1)C1COc2ccccc21. The number of hydrogen-bond donors (Lipinski definition) is 2. The maximum atomic E-state index is 12.6. The number of para-hydroxylation sites is 1. The molecule has 2 aromatic rings. The quantitative estimate of drug-likeness (QED) is 0.901. The van der Waals surface area contributed by atoms with E-state index in [4.69, 9.17) is 9.47 Å². The number of amides is 1. The van der Waals surface area contributed by atoms with E-state index in [1.54, 1.807) is 6.20 Å². The molecule has 1 aromatic carbocycles. The van der Waals surface area contributed by atoms with Crippen molar-refractivity contribution in [3.63, 3.8) is 0 Å². The molecule has 0 radical (unpaired) electrons.